The second kappa shape index (κ2) is 14.9. The average Bonchev–Trinajstić information content (AvgIpc) is 3.63. The highest BCUT2D eigenvalue weighted by atomic mass is 32.1. The Hall–Kier alpha value is -4.18. The molecule has 2 amide bonds. The van der Waals surface area contributed by atoms with Crippen molar-refractivity contribution in [3.8, 4) is 11.1 Å². The maximum absolute atomic E-state index is 13.7. The van der Waals surface area contributed by atoms with Gasteiger partial charge in [0.25, 0.3) is 5.91 Å². The van der Waals surface area contributed by atoms with Crippen molar-refractivity contribution in [3.63, 3.8) is 0 Å². The van der Waals surface area contributed by atoms with Gasteiger partial charge in [-0.1, -0.05) is 60.7 Å². The van der Waals surface area contributed by atoms with E-state index in [1.807, 2.05) is 64.9 Å². The fourth-order valence-electron chi connectivity index (χ4n) is 6.38. The first-order valence-electron chi connectivity index (χ1n) is 16.2. The zero-order valence-electron chi connectivity index (χ0n) is 26.4. The van der Waals surface area contributed by atoms with Gasteiger partial charge in [-0.2, -0.15) is 0 Å². The second-order valence-corrected chi connectivity index (χ2v) is 13.3. The molecule has 0 radical (unpaired) electrons. The molecule has 8 nitrogen and oxygen atoms in total. The number of amides is 2. The van der Waals surface area contributed by atoms with Crippen molar-refractivity contribution in [2.24, 2.45) is 5.73 Å². The highest BCUT2D eigenvalue weighted by Gasteiger charge is 2.29. The summed E-state index contributed by atoms with van der Waals surface area (Å²) >= 11 is 1.49. The number of likely N-dealkylation sites (N-methyl/N-ethyl adjacent to an activating group) is 1. The number of ether oxygens (including phenoxy) is 1. The van der Waals surface area contributed by atoms with E-state index < -0.39 is 6.09 Å². The van der Waals surface area contributed by atoms with Gasteiger partial charge in [0.2, 0.25) is 0 Å². The molecule has 9 heteroatoms. The minimum Gasteiger partial charge on any atom is -0.444 e. The summed E-state index contributed by atoms with van der Waals surface area (Å²) in [7, 11) is 2.13. The summed E-state index contributed by atoms with van der Waals surface area (Å²) < 4.78 is 5.60. The molecule has 0 spiro atoms. The molecule has 0 atom stereocenters. The molecular weight excluding hydrogens is 595 g/mol. The van der Waals surface area contributed by atoms with Crippen LogP contribution in [0.3, 0.4) is 0 Å². The van der Waals surface area contributed by atoms with E-state index in [2.05, 4.69) is 52.5 Å². The van der Waals surface area contributed by atoms with Crippen LogP contribution in [0.1, 0.15) is 46.5 Å². The summed E-state index contributed by atoms with van der Waals surface area (Å²) in [5.74, 6) is 0.0814. The molecule has 1 saturated carbocycles. The smallest absolute Gasteiger partial charge is 0.412 e. The first-order valence-corrected chi connectivity index (χ1v) is 17.1. The van der Waals surface area contributed by atoms with Crippen LogP contribution in [0, 0.1) is 0 Å². The quantitative estimate of drug-likeness (QED) is 0.209. The Morgan fingerprint density at radius 3 is 2.35 bits per heavy atom. The lowest BCUT2D eigenvalue weighted by Crippen LogP contribution is -2.44. The van der Waals surface area contributed by atoms with Gasteiger partial charge in [-0.15, -0.1) is 11.3 Å². The van der Waals surface area contributed by atoms with Crippen LogP contribution in [0.4, 0.5) is 16.2 Å². The topological polar surface area (TPSA) is 91.1 Å². The zero-order chi connectivity index (χ0) is 31.9. The van der Waals surface area contributed by atoms with Gasteiger partial charge >= 0.3 is 6.09 Å². The lowest BCUT2D eigenvalue weighted by Gasteiger charge is -2.36. The van der Waals surface area contributed by atoms with Crippen molar-refractivity contribution in [2.45, 2.75) is 50.9 Å². The summed E-state index contributed by atoms with van der Waals surface area (Å²) in [5.41, 5.74) is 11.9. The number of hydrogen-bond acceptors (Lipinski definition) is 7. The highest BCUT2D eigenvalue weighted by molar-refractivity contribution is 7.12. The third-order valence-corrected chi connectivity index (χ3v) is 9.94. The molecule has 2 heterocycles. The summed E-state index contributed by atoms with van der Waals surface area (Å²) in [6.07, 6.45) is 3.21. The number of carbonyl (C=O) groups excluding carboxylic acids is 2. The van der Waals surface area contributed by atoms with Crippen molar-refractivity contribution in [2.75, 3.05) is 43.4 Å². The Kier molecular flexibility index (Phi) is 10.3. The Bertz CT molecular complexity index is 1600. The molecule has 3 aromatic carbocycles. The number of anilines is 2. The van der Waals surface area contributed by atoms with Crippen LogP contribution in [0.15, 0.2) is 90.3 Å². The van der Waals surface area contributed by atoms with Gasteiger partial charge in [-0.05, 0) is 84.6 Å². The van der Waals surface area contributed by atoms with E-state index in [4.69, 9.17) is 10.5 Å². The van der Waals surface area contributed by atoms with E-state index in [1.54, 1.807) is 0 Å². The Balaban J connectivity index is 1.24. The molecule has 2 aliphatic rings. The fourth-order valence-corrected chi connectivity index (χ4v) is 7.05. The monoisotopic (exact) mass is 637 g/mol. The van der Waals surface area contributed by atoms with Crippen LogP contribution in [0.5, 0.6) is 0 Å². The first kappa shape index (κ1) is 31.8. The van der Waals surface area contributed by atoms with Gasteiger partial charge in [0.15, 0.2) is 0 Å². The van der Waals surface area contributed by atoms with Gasteiger partial charge in [-0.3, -0.25) is 10.1 Å². The molecular formula is C37H43N5O3S. The number of benzene rings is 3. The van der Waals surface area contributed by atoms with Crippen LogP contribution >= 0.6 is 11.3 Å². The molecule has 1 saturated heterocycles. The maximum atomic E-state index is 13.7. The SMILES string of the molecule is CN1CCN(c2ccc(-c3cccc(CN(C(=O)c4cccs4)C4CCC(N)CC4)c3)cc2NC(=O)OCc2ccccc2)CC1. The first-order chi connectivity index (χ1) is 22.4. The molecule has 240 valence electrons. The lowest BCUT2D eigenvalue weighted by molar-refractivity contribution is 0.0611. The largest absolute Gasteiger partial charge is 0.444 e. The lowest BCUT2D eigenvalue weighted by atomic mass is 9.90. The number of thiophene rings is 1. The van der Waals surface area contributed by atoms with Gasteiger partial charge < -0.3 is 25.2 Å². The molecule has 46 heavy (non-hydrogen) atoms. The minimum atomic E-state index is -0.486. The standard InChI is InChI=1S/C37H43N5O3S/c1-40-18-20-41(21-19-40)34-17-12-30(24-33(34)39-37(44)45-26-27-7-3-2-4-8-27)29-10-5-9-28(23-29)25-42(32-15-13-31(38)14-16-32)36(43)35-11-6-22-46-35/h2-12,17,22-24,31-32H,13-16,18-21,25-26,38H2,1H3,(H,39,44). The third kappa shape index (κ3) is 7.96. The highest BCUT2D eigenvalue weighted by Crippen LogP contribution is 2.34. The molecule has 3 N–H and O–H groups in total. The van der Waals surface area contributed by atoms with Crippen molar-refractivity contribution in [3.05, 3.63) is 106 Å². The van der Waals surface area contributed by atoms with Crippen molar-refractivity contribution in [1.82, 2.24) is 9.80 Å². The molecule has 0 unspecified atom stereocenters. The second-order valence-electron chi connectivity index (χ2n) is 12.4. The molecule has 1 aliphatic carbocycles. The number of hydrogen-bond donors (Lipinski definition) is 2. The third-order valence-electron chi connectivity index (χ3n) is 9.08. The number of nitrogens with one attached hydrogen (secondary N) is 1. The van der Waals surface area contributed by atoms with Gasteiger partial charge in [-0.25, -0.2) is 4.79 Å². The Morgan fingerprint density at radius 2 is 1.61 bits per heavy atom. The molecule has 0 bridgehead atoms. The fraction of sp³-hybridized carbons (Fsp3) is 0.351. The normalized spacial score (nSPS) is 18.6. The van der Waals surface area contributed by atoms with E-state index in [-0.39, 0.29) is 24.6 Å². The van der Waals surface area contributed by atoms with Gasteiger partial charge in [0.1, 0.15) is 6.61 Å². The molecule has 1 aromatic heterocycles. The summed E-state index contributed by atoms with van der Waals surface area (Å²) in [5, 5.41) is 5.00. The molecule has 6 rings (SSSR count). The zero-order valence-corrected chi connectivity index (χ0v) is 27.3. The maximum Gasteiger partial charge on any atom is 0.412 e. The minimum absolute atomic E-state index is 0.0814. The van der Waals surface area contributed by atoms with Crippen LogP contribution < -0.4 is 16.0 Å². The van der Waals surface area contributed by atoms with E-state index in [1.165, 1.54) is 11.3 Å². The predicted octanol–water partition coefficient (Wildman–Crippen LogP) is 6.83. The number of piperazine rings is 1. The van der Waals surface area contributed by atoms with E-state index in [0.717, 1.165) is 90.4 Å². The van der Waals surface area contributed by atoms with Crippen molar-refractivity contribution in [1.29, 1.82) is 0 Å². The summed E-state index contributed by atoms with van der Waals surface area (Å²) in [6.45, 7) is 4.38. The Labute approximate surface area is 275 Å². The number of nitrogens with zero attached hydrogens (tertiary/aromatic N) is 3. The van der Waals surface area contributed by atoms with Crippen LogP contribution in [0.2, 0.25) is 0 Å². The van der Waals surface area contributed by atoms with Crippen LogP contribution in [-0.2, 0) is 17.9 Å². The Morgan fingerprint density at radius 1 is 0.870 bits per heavy atom. The molecule has 2 fully saturated rings. The number of rotatable bonds is 9. The van der Waals surface area contributed by atoms with E-state index in [9.17, 15) is 9.59 Å². The number of nitrogens with two attached hydrogens (primary N) is 1. The van der Waals surface area contributed by atoms with Gasteiger partial charge in [0, 0.05) is 44.8 Å². The van der Waals surface area contributed by atoms with Crippen LogP contribution in [0.25, 0.3) is 11.1 Å². The predicted molar refractivity (Wildman–Crippen MR) is 186 cm³/mol. The van der Waals surface area contributed by atoms with Crippen LogP contribution in [-0.4, -0.2) is 67.1 Å². The van der Waals surface area contributed by atoms with Crippen molar-refractivity contribution < 1.29 is 14.3 Å². The number of carbonyl (C=O) groups is 2. The van der Waals surface area contributed by atoms with E-state index in [0.29, 0.717) is 6.54 Å². The summed E-state index contributed by atoms with van der Waals surface area (Å²) in [6, 6.07) is 28.5. The van der Waals surface area contributed by atoms with Gasteiger partial charge in [0.05, 0.1) is 16.3 Å². The van der Waals surface area contributed by atoms with Crippen molar-refractivity contribution >= 4 is 34.7 Å². The average molecular weight is 638 g/mol. The molecule has 4 aromatic rings. The molecule has 1 aliphatic heterocycles. The summed E-state index contributed by atoms with van der Waals surface area (Å²) in [4.78, 5) is 34.2. The van der Waals surface area contributed by atoms with E-state index >= 15 is 0 Å².